The van der Waals surface area contributed by atoms with Crippen LogP contribution in [0.25, 0.3) is 0 Å². The van der Waals surface area contributed by atoms with Crippen LogP contribution in [0.3, 0.4) is 0 Å². The topological polar surface area (TPSA) is 9.23 Å². The molecule has 10 heavy (non-hydrogen) atoms. The highest BCUT2D eigenvalue weighted by molar-refractivity contribution is 6.32. The summed E-state index contributed by atoms with van der Waals surface area (Å²) < 4.78 is 4.52. The van der Waals surface area contributed by atoms with Gasteiger partial charge in [-0.1, -0.05) is 17.6 Å². The lowest BCUT2D eigenvalue weighted by Gasteiger charge is -2.01. The Balaban J connectivity index is 3.09. The molecule has 1 aromatic carbocycles. The normalized spacial score (nSPS) is 9.40. The fourth-order valence-corrected chi connectivity index (χ4v) is 0.866. The molecule has 0 aliphatic carbocycles. The van der Waals surface area contributed by atoms with Crippen molar-refractivity contribution < 1.29 is 4.29 Å². The lowest BCUT2D eigenvalue weighted by Crippen LogP contribution is -2.01. The average molecular weight is 152 g/mol. The maximum absolute atomic E-state index is 5.46. The van der Waals surface area contributed by atoms with E-state index in [1.807, 2.05) is 13.0 Å². The van der Waals surface area contributed by atoms with Gasteiger partial charge in [-0.25, -0.2) is 0 Å². The molecule has 0 aliphatic heterocycles. The molecule has 0 unspecified atom stereocenters. The van der Waals surface area contributed by atoms with Crippen molar-refractivity contribution in [2.75, 3.05) is 0 Å². The number of halogens is 1. The lowest BCUT2D eigenvalue weighted by molar-refractivity contribution is 0.614. The van der Waals surface area contributed by atoms with E-state index in [4.69, 9.17) is 19.7 Å². The summed E-state index contributed by atoms with van der Waals surface area (Å²) in [5.41, 5.74) is 1.63. The zero-order chi connectivity index (χ0) is 7.56. The van der Waals surface area contributed by atoms with E-state index < -0.39 is 0 Å². The van der Waals surface area contributed by atoms with E-state index in [9.17, 15) is 0 Å². The molecular weight excluding hydrogens is 146 g/mol. The number of rotatable bonds is 1. The van der Waals surface area contributed by atoms with Gasteiger partial charge >= 0.3 is 0 Å². The monoisotopic (exact) mass is 152 g/mol. The average Bonchev–Trinajstić information content (AvgIpc) is 1.94. The van der Waals surface area contributed by atoms with Crippen LogP contribution < -0.4 is 9.75 Å². The van der Waals surface area contributed by atoms with Crippen LogP contribution in [0, 0.1) is 6.92 Å². The minimum Gasteiger partial charge on any atom is -0.385 e. The number of hydrogen-bond acceptors (Lipinski definition) is 1. The van der Waals surface area contributed by atoms with Gasteiger partial charge in [-0.3, -0.25) is 0 Å². The van der Waals surface area contributed by atoms with Gasteiger partial charge in [-0.05, 0) is 18.6 Å². The number of benzene rings is 1. The van der Waals surface area contributed by atoms with E-state index in [2.05, 4.69) is 4.29 Å². The summed E-state index contributed by atoms with van der Waals surface area (Å²) in [7, 11) is 5.46. The van der Waals surface area contributed by atoms with E-state index in [0.29, 0.717) is 11.2 Å². The number of aryl methyl sites for hydroxylation is 1. The molecule has 0 aromatic heterocycles. The Labute approximate surface area is 66.5 Å². The zero-order valence-corrected chi connectivity index (χ0v) is 6.35. The molecule has 1 nitrogen and oxygen atoms in total. The van der Waals surface area contributed by atoms with Gasteiger partial charge in [0, 0.05) is 0 Å². The Bertz CT molecular complexity index is 237. The van der Waals surface area contributed by atoms with Gasteiger partial charge in [0.1, 0.15) is 25.5 Å². The van der Waals surface area contributed by atoms with Crippen molar-refractivity contribution in [3.63, 3.8) is 0 Å². The Morgan fingerprint density at radius 1 is 1.50 bits per heavy atom. The Morgan fingerprint density at radius 3 is 2.70 bits per heavy atom. The van der Waals surface area contributed by atoms with Crippen molar-refractivity contribution in [2.24, 2.45) is 0 Å². The summed E-state index contributed by atoms with van der Waals surface area (Å²) in [6.45, 7) is 1.90. The lowest BCUT2D eigenvalue weighted by atomic mass is 9.95. The van der Waals surface area contributed by atoms with Crippen LogP contribution in [-0.4, -0.2) is 7.85 Å². The standard InChI is InChI=1S/C7H6BClO/c1-5-2-3-6(8)4-7(5)10-9/h2-4H,1H3. The largest absolute Gasteiger partial charge is 0.385 e. The third-order valence-corrected chi connectivity index (χ3v) is 1.46. The third kappa shape index (κ3) is 1.45. The van der Waals surface area contributed by atoms with Crippen LogP contribution in [0.1, 0.15) is 5.56 Å². The van der Waals surface area contributed by atoms with Gasteiger partial charge < -0.3 is 4.29 Å². The van der Waals surface area contributed by atoms with Crippen LogP contribution >= 0.6 is 11.9 Å². The van der Waals surface area contributed by atoms with Crippen molar-refractivity contribution in [1.82, 2.24) is 0 Å². The van der Waals surface area contributed by atoms with Gasteiger partial charge in [0.2, 0.25) is 0 Å². The van der Waals surface area contributed by atoms with E-state index >= 15 is 0 Å². The molecule has 0 saturated carbocycles. The Morgan fingerprint density at radius 2 is 2.20 bits per heavy atom. The quantitative estimate of drug-likeness (QED) is 0.552. The van der Waals surface area contributed by atoms with Crippen LogP contribution in [0.2, 0.25) is 0 Å². The maximum atomic E-state index is 5.46. The minimum absolute atomic E-state index is 0.613. The molecular formula is C7H6BClO. The molecule has 0 aliphatic rings. The van der Waals surface area contributed by atoms with E-state index in [0.717, 1.165) is 5.56 Å². The molecule has 0 amide bonds. The van der Waals surface area contributed by atoms with Gasteiger partial charge in [-0.2, -0.15) is 0 Å². The fraction of sp³-hybridized carbons (Fsp3) is 0.143. The van der Waals surface area contributed by atoms with Crippen molar-refractivity contribution in [3.8, 4) is 5.75 Å². The van der Waals surface area contributed by atoms with Gasteiger partial charge in [-0.15, -0.1) is 0 Å². The van der Waals surface area contributed by atoms with Gasteiger partial charge in [0.25, 0.3) is 0 Å². The Hall–Kier alpha value is -0.625. The van der Waals surface area contributed by atoms with Crippen LogP contribution in [-0.2, 0) is 0 Å². The molecule has 0 saturated heterocycles. The van der Waals surface area contributed by atoms with Crippen LogP contribution in [0.15, 0.2) is 18.2 Å². The second-order valence-corrected chi connectivity index (χ2v) is 2.26. The second kappa shape index (κ2) is 2.97. The molecule has 0 heterocycles. The fourth-order valence-electron chi connectivity index (χ4n) is 0.700. The van der Waals surface area contributed by atoms with Crippen molar-refractivity contribution in [3.05, 3.63) is 23.8 Å². The first-order chi connectivity index (χ1) is 4.74. The molecule has 1 rings (SSSR count). The van der Waals surface area contributed by atoms with E-state index in [1.54, 1.807) is 12.1 Å². The first-order valence-corrected chi connectivity index (χ1v) is 3.19. The summed E-state index contributed by atoms with van der Waals surface area (Å²) in [6.07, 6.45) is 0. The predicted molar refractivity (Wildman–Crippen MR) is 43.0 cm³/mol. The molecule has 0 bridgehead atoms. The highest BCUT2D eigenvalue weighted by atomic mass is 35.5. The molecule has 2 radical (unpaired) electrons. The molecule has 50 valence electrons. The van der Waals surface area contributed by atoms with Gasteiger partial charge in [0.15, 0.2) is 0 Å². The highest BCUT2D eigenvalue weighted by Crippen LogP contribution is 2.15. The molecule has 1 aromatic rings. The maximum Gasteiger partial charge on any atom is 0.148 e. The summed E-state index contributed by atoms with van der Waals surface area (Å²) in [5.74, 6) is 0.613. The summed E-state index contributed by atoms with van der Waals surface area (Å²) in [4.78, 5) is 0. The number of hydrogen-bond donors (Lipinski definition) is 0. The molecule has 0 spiro atoms. The van der Waals surface area contributed by atoms with Crippen molar-refractivity contribution in [2.45, 2.75) is 6.92 Å². The third-order valence-electron chi connectivity index (χ3n) is 1.30. The second-order valence-electron chi connectivity index (χ2n) is 2.10. The predicted octanol–water partition coefficient (Wildman–Crippen LogP) is 1.32. The summed E-state index contributed by atoms with van der Waals surface area (Å²) in [5, 5.41) is 0. The SMILES string of the molecule is [B]c1ccc(C)c(OCl)c1. The first-order valence-electron chi connectivity index (χ1n) is 2.89. The summed E-state index contributed by atoms with van der Waals surface area (Å²) in [6, 6.07) is 5.34. The highest BCUT2D eigenvalue weighted by Gasteiger charge is 1.96. The summed E-state index contributed by atoms with van der Waals surface area (Å²) >= 11 is 5.15. The zero-order valence-electron chi connectivity index (χ0n) is 5.60. The molecule has 0 atom stereocenters. The Kier molecular flexibility index (Phi) is 2.23. The van der Waals surface area contributed by atoms with Crippen molar-refractivity contribution >= 4 is 25.2 Å². The minimum atomic E-state index is 0.613. The van der Waals surface area contributed by atoms with E-state index in [1.165, 1.54) is 0 Å². The van der Waals surface area contributed by atoms with Gasteiger partial charge in [0.05, 0.1) is 0 Å². The van der Waals surface area contributed by atoms with E-state index in [-0.39, 0.29) is 0 Å². The molecule has 0 N–H and O–H groups in total. The smallest absolute Gasteiger partial charge is 0.148 e. The van der Waals surface area contributed by atoms with Crippen LogP contribution in [0.5, 0.6) is 5.75 Å². The molecule has 3 heteroatoms. The first kappa shape index (κ1) is 7.48. The molecule has 0 fully saturated rings. The van der Waals surface area contributed by atoms with Crippen LogP contribution in [0.4, 0.5) is 0 Å². The van der Waals surface area contributed by atoms with Crippen molar-refractivity contribution in [1.29, 1.82) is 0 Å².